The third kappa shape index (κ3) is 3.78. The first-order valence-electron chi connectivity index (χ1n) is 9.53. The van der Waals surface area contributed by atoms with Crippen LogP contribution in [-0.4, -0.2) is 25.7 Å². The van der Waals surface area contributed by atoms with Gasteiger partial charge in [0.2, 0.25) is 0 Å². The Morgan fingerprint density at radius 3 is 2.00 bits per heavy atom. The van der Waals surface area contributed by atoms with Crippen molar-refractivity contribution in [3.05, 3.63) is 110 Å². The molecule has 0 saturated heterocycles. The summed E-state index contributed by atoms with van der Waals surface area (Å²) in [4.78, 5) is 41.5. The molecule has 0 unspecified atom stereocenters. The number of hydrazone groups is 1. The van der Waals surface area contributed by atoms with Crippen molar-refractivity contribution in [3.8, 4) is 0 Å². The van der Waals surface area contributed by atoms with E-state index < -0.39 is 17.2 Å². The number of fused-ring (bicyclic) bond motifs is 1. The van der Waals surface area contributed by atoms with Crippen molar-refractivity contribution in [1.29, 1.82) is 0 Å². The van der Waals surface area contributed by atoms with Gasteiger partial charge in [0.1, 0.15) is 11.3 Å². The highest BCUT2D eigenvalue weighted by Crippen LogP contribution is 2.11. The monoisotopic (exact) mass is 413 g/mol. The Hall–Kier alpha value is -4.33. The normalized spacial score (nSPS) is 10.6. The number of carbonyl (C=O) groups excluding carboxylic acids is 1. The van der Waals surface area contributed by atoms with Crippen molar-refractivity contribution in [3.63, 3.8) is 0 Å². The van der Waals surface area contributed by atoms with E-state index in [-0.39, 0.29) is 16.7 Å². The van der Waals surface area contributed by atoms with Gasteiger partial charge in [-0.1, -0.05) is 60.7 Å². The van der Waals surface area contributed by atoms with Crippen molar-refractivity contribution in [2.45, 2.75) is 0 Å². The minimum Gasteiger partial charge on any atom is -0.280 e. The number of carbonyl (C=O) groups is 1. The van der Waals surface area contributed by atoms with Crippen LogP contribution in [-0.2, 0) is 14.1 Å². The maximum absolute atomic E-state index is 12.8. The predicted octanol–water partition coefficient (Wildman–Crippen LogP) is 1.81. The number of nitrogens with one attached hydrogen (secondary N) is 1. The Labute approximate surface area is 177 Å². The molecule has 0 bridgehead atoms. The van der Waals surface area contributed by atoms with Crippen LogP contribution in [0, 0.1) is 0 Å². The molecule has 2 heterocycles. The van der Waals surface area contributed by atoms with E-state index in [1.54, 1.807) is 0 Å². The second kappa shape index (κ2) is 8.19. The Morgan fingerprint density at radius 1 is 0.839 bits per heavy atom. The largest absolute Gasteiger partial charge is 0.332 e. The summed E-state index contributed by atoms with van der Waals surface area (Å²) in [6.45, 7) is 0. The molecule has 1 amide bonds. The highest BCUT2D eigenvalue weighted by atomic mass is 16.2. The van der Waals surface area contributed by atoms with Crippen LogP contribution in [0.5, 0.6) is 0 Å². The van der Waals surface area contributed by atoms with E-state index >= 15 is 0 Å². The molecule has 0 saturated carbocycles. The summed E-state index contributed by atoms with van der Waals surface area (Å²) in [7, 11) is 2.90. The van der Waals surface area contributed by atoms with Crippen LogP contribution in [0.1, 0.15) is 21.6 Å². The minimum absolute atomic E-state index is 0.0416. The van der Waals surface area contributed by atoms with Crippen LogP contribution in [0.2, 0.25) is 0 Å². The molecule has 4 aromatic rings. The van der Waals surface area contributed by atoms with Gasteiger partial charge in [0.25, 0.3) is 11.5 Å². The molecular formula is C23H19N5O3. The average Bonchev–Trinajstić information content (AvgIpc) is 2.82. The van der Waals surface area contributed by atoms with Crippen LogP contribution >= 0.6 is 0 Å². The molecule has 154 valence electrons. The second-order valence-electron chi connectivity index (χ2n) is 6.91. The van der Waals surface area contributed by atoms with E-state index in [0.717, 1.165) is 15.7 Å². The molecule has 0 spiro atoms. The molecule has 0 atom stereocenters. The fourth-order valence-corrected chi connectivity index (χ4v) is 3.23. The number of amides is 1. The molecule has 8 nitrogen and oxygen atoms in total. The summed E-state index contributed by atoms with van der Waals surface area (Å²) in [5.74, 6) is -0.556. The fourth-order valence-electron chi connectivity index (χ4n) is 3.23. The fraction of sp³-hybridized carbons (Fsp3) is 0.0870. The molecule has 0 aliphatic carbocycles. The van der Waals surface area contributed by atoms with Crippen molar-refractivity contribution in [2.75, 3.05) is 0 Å². The SMILES string of the molecule is Cn1c(=O)c2ccc(C(=O)NN=C(c3ccccc3)c3ccccc3)nc2n(C)c1=O. The van der Waals surface area contributed by atoms with Gasteiger partial charge in [-0.05, 0) is 12.1 Å². The van der Waals surface area contributed by atoms with E-state index in [0.29, 0.717) is 5.71 Å². The van der Waals surface area contributed by atoms with Crippen LogP contribution < -0.4 is 16.7 Å². The van der Waals surface area contributed by atoms with Crippen LogP contribution in [0.4, 0.5) is 0 Å². The number of benzene rings is 2. The molecule has 0 aliphatic rings. The van der Waals surface area contributed by atoms with E-state index in [1.807, 2.05) is 60.7 Å². The Bertz CT molecular complexity index is 1380. The lowest BCUT2D eigenvalue weighted by Crippen LogP contribution is -2.37. The lowest BCUT2D eigenvalue weighted by Gasteiger charge is -2.09. The minimum atomic E-state index is -0.556. The molecule has 8 heteroatoms. The van der Waals surface area contributed by atoms with E-state index in [1.165, 1.54) is 30.8 Å². The zero-order valence-corrected chi connectivity index (χ0v) is 16.9. The highest BCUT2D eigenvalue weighted by Gasteiger charge is 2.14. The van der Waals surface area contributed by atoms with Gasteiger partial charge in [-0.15, -0.1) is 0 Å². The van der Waals surface area contributed by atoms with Crippen molar-refractivity contribution >= 4 is 22.7 Å². The van der Waals surface area contributed by atoms with Gasteiger partial charge in [-0.3, -0.25) is 18.7 Å². The molecule has 31 heavy (non-hydrogen) atoms. The number of hydrogen-bond donors (Lipinski definition) is 1. The standard InChI is InChI=1S/C23H19N5O3/c1-27-20-17(22(30)28(2)23(27)31)13-14-18(24-20)21(29)26-25-19(15-9-5-3-6-10-15)16-11-7-4-8-12-16/h3-14H,1-2H3,(H,26,29). The zero-order chi connectivity index (χ0) is 22.0. The Morgan fingerprint density at radius 2 is 1.42 bits per heavy atom. The van der Waals surface area contributed by atoms with Gasteiger partial charge >= 0.3 is 5.69 Å². The molecule has 2 aromatic carbocycles. The number of nitrogens with zero attached hydrogens (tertiary/aromatic N) is 4. The molecule has 1 N–H and O–H groups in total. The molecule has 0 fully saturated rings. The van der Waals surface area contributed by atoms with Crippen molar-refractivity contribution in [1.82, 2.24) is 19.5 Å². The quantitative estimate of drug-likeness (QED) is 0.408. The lowest BCUT2D eigenvalue weighted by atomic mass is 10.0. The van der Waals surface area contributed by atoms with E-state index in [4.69, 9.17) is 0 Å². The number of hydrogen-bond acceptors (Lipinski definition) is 5. The van der Waals surface area contributed by atoms with Crippen molar-refractivity contribution < 1.29 is 4.79 Å². The predicted molar refractivity (Wildman–Crippen MR) is 118 cm³/mol. The van der Waals surface area contributed by atoms with Gasteiger partial charge in [-0.2, -0.15) is 5.10 Å². The number of pyridine rings is 1. The zero-order valence-electron chi connectivity index (χ0n) is 16.9. The van der Waals surface area contributed by atoms with Gasteiger partial charge in [-0.25, -0.2) is 15.2 Å². The van der Waals surface area contributed by atoms with E-state index in [9.17, 15) is 14.4 Å². The molecule has 4 rings (SSSR count). The summed E-state index contributed by atoms with van der Waals surface area (Å²) in [5.41, 5.74) is 4.00. The maximum atomic E-state index is 12.8. The third-order valence-corrected chi connectivity index (χ3v) is 4.90. The summed E-state index contributed by atoms with van der Waals surface area (Å²) in [6.07, 6.45) is 0. The van der Waals surface area contributed by atoms with Gasteiger partial charge in [0.15, 0.2) is 0 Å². The topological polar surface area (TPSA) is 98.3 Å². The molecular weight excluding hydrogens is 394 g/mol. The van der Waals surface area contributed by atoms with Crippen molar-refractivity contribution in [2.24, 2.45) is 19.2 Å². The first kappa shape index (κ1) is 20.0. The van der Waals surface area contributed by atoms with Gasteiger partial charge in [0.05, 0.1) is 11.1 Å². The summed E-state index contributed by atoms with van der Waals surface area (Å²) in [6, 6.07) is 21.9. The average molecular weight is 413 g/mol. The van der Waals surface area contributed by atoms with Crippen LogP contribution in [0.15, 0.2) is 87.5 Å². The number of aryl methyl sites for hydroxylation is 1. The lowest BCUT2D eigenvalue weighted by molar-refractivity contribution is 0.0950. The van der Waals surface area contributed by atoms with Gasteiger partial charge in [0, 0.05) is 25.2 Å². The Kier molecular flexibility index (Phi) is 5.28. The summed E-state index contributed by atoms with van der Waals surface area (Å²) < 4.78 is 2.23. The first-order valence-corrected chi connectivity index (χ1v) is 9.53. The first-order chi connectivity index (χ1) is 15.0. The second-order valence-corrected chi connectivity index (χ2v) is 6.91. The summed E-state index contributed by atoms with van der Waals surface area (Å²) in [5, 5.41) is 4.58. The Balaban J connectivity index is 1.73. The molecule has 0 radical (unpaired) electrons. The number of aromatic nitrogens is 3. The summed E-state index contributed by atoms with van der Waals surface area (Å²) >= 11 is 0. The number of rotatable bonds is 4. The van der Waals surface area contributed by atoms with Crippen LogP contribution in [0.3, 0.4) is 0 Å². The van der Waals surface area contributed by atoms with Gasteiger partial charge < -0.3 is 0 Å². The third-order valence-electron chi connectivity index (χ3n) is 4.90. The maximum Gasteiger partial charge on any atom is 0.332 e. The molecule has 2 aromatic heterocycles. The van der Waals surface area contributed by atoms with E-state index in [2.05, 4.69) is 15.5 Å². The highest BCUT2D eigenvalue weighted by molar-refractivity contribution is 6.13. The smallest absolute Gasteiger partial charge is 0.280 e. The van der Waals surface area contributed by atoms with Crippen LogP contribution in [0.25, 0.3) is 11.0 Å². The molecule has 0 aliphatic heterocycles.